The zero-order valence-corrected chi connectivity index (χ0v) is 13.0. The first kappa shape index (κ1) is 15.8. The molecule has 0 spiro atoms. The van der Waals surface area contributed by atoms with Gasteiger partial charge in [0.1, 0.15) is 0 Å². The smallest absolute Gasteiger partial charge is 0.261 e. The highest BCUT2D eigenvalue weighted by Gasteiger charge is 2.21. The summed E-state index contributed by atoms with van der Waals surface area (Å²) in [5, 5.41) is 0. The number of anilines is 1. The average molecular weight is 380 g/mol. The third kappa shape index (κ3) is 3.21. The number of hydrogen-bond acceptors (Lipinski definition) is 2. The van der Waals surface area contributed by atoms with Crippen molar-refractivity contribution in [2.24, 2.45) is 0 Å². The minimum atomic E-state index is -4.10. The number of sulfonamides is 1. The maximum absolute atomic E-state index is 13.8. The normalized spacial score (nSPS) is 11.5. The molecule has 0 amide bonds. The maximum Gasteiger partial charge on any atom is 0.261 e. The second-order valence-corrected chi connectivity index (χ2v) is 6.74. The predicted octanol–water partition coefficient (Wildman–Crippen LogP) is 3.98. The van der Waals surface area contributed by atoms with Crippen molar-refractivity contribution in [2.75, 3.05) is 4.72 Å². The first-order valence-electron chi connectivity index (χ1n) is 5.65. The van der Waals surface area contributed by atoms with E-state index in [2.05, 4.69) is 15.9 Å². The first-order chi connectivity index (χ1) is 9.72. The highest BCUT2D eigenvalue weighted by atomic mass is 79.9. The Bertz CT molecular complexity index is 792. The predicted molar refractivity (Wildman–Crippen MR) is 76.0 cm³/mol. The van der Waals surface area contributed by atoms with E-state index in [1.807, 2.05) is 4.72 Å². The summed E-state index contributed by atoms with van der Waals surface area (Å²) in [4.78, 5) is -0.117. The lowest BCUT2D eigenvalue weighted by Crippen LogP contribution is -2.14. The number of hydrogen-bond donors (Lipinski definition) is 1. The van der Waals surface area contributed by atoms with Gasteiger partial charge in [-0.15, -0.1) is 0 Å². The Morgan fingerprint density at radius 1 is 1.05 bits per heavy atom. The molecule has 0 atom stereocenters. The quantitative estimate of drug-likeness (QED) is 0.647. The molecule has 0 aromatic heterocycles. The number of aryl methyl sites for hydroxylation is 1. The van der Waals surface area contributed by atoms with E-state index < -0.39 is 37.6 Å². The summed E-state index contributed by atoms with van der Waals surface area (Å²) in [6.45, 7) is 1.77. The van der Waals surface area contributed by atoms with E-state index in [9.17, 15) is 21.6 Å². The minimum Gasteiger partial charge on any atom is -0.276 e. The molecule has 0 aliphatic heterocycles. The molecule has 3 nitrogen and oxygen atoms in total. The summed E-state index contributed by atoms with van der Waals surface area (Å²) >= 11 is 2.53. The van der Waals surface area contributed by atoms with Gasteiger partial charge in [0, 0.05) is 6.07 Å². The van der Waals surface area contributed by atoms with Crippen LogP contribution in [0.1, 0.15) is 5.56 Å². The molecule has 21 heavy (non-hydrogen) atoms. The molecule has 2 aromatic rings. The summed E-state index contributed by atoms with van der Waals surface area (Å²) in [5.41, 5.74) is 0.164. The van der Waals surface area contributed by atoms with Crippen LogP contribution in [-0.4, -0.2) is 8.42 Å². The van der Waals surface area contributed by atoms with Crippen molar-refractivity contribution in [2.45, 2.75) is 11.8 Å². The van der Waals surface area contributed by atoms with Gasteiger partial charge in [0.15, 0.2) is 17.5 Å². The van der Waals surface area contributed by atoms with Gasteiger partial charge in [0.2, 0.25) is 0 Å². The molecule has 112 valence electrons. The first-order valence-corrected chi connectivity index (χ1v) is 7.92. The Balaban J connectivity index is 2.44. The van der Waals surface area contributed by atoms with Crippen LogP contribution in [0.25, 0.3) is 0 Å². The molecule has 2 rings (SSSR count). The molecule has 8 heteroatoms. The molecule has 0 bridgehead atoms. The van der Waals surface area contributed by atoms with Crippen LogP contribution in [0.5, 0.6) is 0 Å². The number of rotatable bonds is 3. The SMILES string of the molecule is Cc1ccc(S(=O)(=O)Nc2cc(F)c(F)c(Br)c2F)cc1. The van der Waals surface area contributed by atoms with E-state index >= 15 is 0 Å². The van der Waals surface area contributed by atoms with Crippen molar-refractivity contribution >= 4 is 31.6 Å². The highest BCUT2D eigenvalue weighted by Crippen LogP contribution is 2.29. The number of halogens is 4. The van der Waals surface area contributed by atoms with Gasteiger partial charge in [-0.05, 0) is 35.0 Å². The summed E-state index contributed by atoms with van der Waals surface area (Å²) in [6, 6.07) is 6.22. The monoisotopic (exact) mass is 379 g/mol. The largest absolute Gasteiger partial charge is 0.276 e. The molecule has 2 aromatic carbocycles. The van der Waals surface area contributed by atoms with E-state index in [0.29, 0.717) is 6.07 Å². The molecule has 0 aliphatic rings. The molecule has 0 saturated carbocycles. The fourth-order valence-electron chi connectivity index (χ4n) is 1.57. The van der Waals surface area contributed by atoms with Gasteiger partial charge in [-0.3, -0.25) is 4.72 Å². The van der Waals surface area contributed by atoms with Gasteiger partial charge in [0.05, 0.1) is 15.1 Å². The zero-order valence-electron chi connectivity index (χ0n) is 10.6. The molecule has 0 heterocycles. The van der Waals surface area contributed by atoms with Crippen molar-refractivity contribution in [1.29, 1.82) is 0 Å². The van der Waals surface area contributed by atoms with Crippen molar-refractivity contribution in [3.05, 3.63) is 57.8 Å². The standard InChI is InChI=1S/C13H9BrF3NO2S/c1-7-2-4-8(5-3-7)21(19,20)18-10-6-9(15)12(16)11(14)13(10)17/h2-6,18H,1H3. The van der Waals surface area contributed by atoms with Gasteiger partial charge >= 0.3 is 0 Å². The lowest BCUT2D eigenvalue weighted by atomic mass is 10.2. The van der Waals surface area contributed by atoms with Gasteiger partial charge < -0.3 is 0 Å². The van der Waals surface area contributed by atoms with Crippen LogP contribution in [0.4, 0.5) is 18.9 Å². The third-order valence-electron chi connectivity index (χ3n) is 2.68. The average Bonchev–Trinajstić information content (AvgIpc) is 2.42. The Morgan fingerprint density at radius 3 is 2.19 bits per heavy atom. The van der Waals surface area contributed by atoms with Gasteiger partial charge in [0.25, 0.3) is 10.0 Å². The Hall–Kier alpha value is -1.54. The third-order valence-corrected chi connectivity index (χ3v) is 4.76. The Labute approximate surface area is 128 Å². The lowest BCUT2D eigenvalue weighted by Gasteiger charge is -2.11. The molecule has 1 N–H and O–H groups in total. The highest BCUT2D eigenvalue weighted by molar-refractivity contribution is 9.10. The Kier molecular flexibility index (Phi) is 4.29. The van der Waals surface area contributed by atoms with Gasteiger partial charge in [-0.2, -0.15) is 0 Å². The van der Waals surface area contributed by atoms with Crippen molar-refractivity contribution in [3.63, 3.8) is 0 Å². The van der Waals surface area contributed by atoms with Crippen LogP contribution < -0.4 is 4.72 Å². The van der Waals surface area contributed by atoms with E-state index in [1.165, 1.54) is 12.1 Å². The second-order valence-electron chi connectivity index (χ2n) is 4.27. The topological polar surface area (TPSA) is 46.2 Å². The molecular weight excluding hydrogens is 371 g/mol. The summed E-state index contributed by atoms with van der Waals surface area (Å²) in [6.07, 6.45) is 0. The van der Waals surface area contributed by atoms with Crippen LogP contribution in [0, 0.1) is 24.4 Å². The van der Waals surface area contributed by atoms with Crippen molar-refractivity contribution in [3.8, 4) is 0 Å². The number of benzene rings is 2. The fourth-order valence-corrected chi connectivity index (χ4v) is 3.02. The minimum absolute atomic E-state index is 0.117. The van der Waals surface area contributed by atoms with Crippen LogP contribution in [0.15, 0.2) is 39.7 Å². The lowest BCUT2D eigenvalue weighted by molar-refractivity contribution is 0.489. The molecule has 0 saturated heterocycles. The van der Waals surface area contributed by atoms with Gasteiger partial charge in [-0.1, -0.05) is 17.7 Å². The molecular formula is C13H9BrF3NO2S. The van der Waals surface area contributed by atoms with E-state index in [1.54, 1.807) is 19.1 Å². The second kappa shape index (κ2) is 5.69. The van der Waals surface area contributed by atoms with Crippen LogP contribution in [0.3, 0.4) is 0 Å². The summed E-state index contributed by atoms with van der Waals surface area (Å²) in [5.74, 6) is -4.03. The van der Waals surface area contributed by atoms with E-state index in [4.69, 9.17) is 0 Å². The molecule has 0 radical (unpaired) electrons. The van der Waals surface area contributed by atoms with E-state index in [0.717, 1.165) is 5.56 Å². The van der Waals surface area contributed by atoms with E-state index in [-0.39, 0.29) is 4.90 Å². The van der Waals surface area contributed by atoms with Crippen LogP contribution in [-0.2, 0) is 10.0 Å². The van der Waals surface area contributed by atoms with Gasteiger partial charge in [-0.25, -0.2) is 21.6 Å². The molecule has 0 aliphatic carbocycles. The van der Waals surface area contributed by atoms with Crippen LogP contribution in [0.2, 0.25) is 0 Å². The summed E-state index contributed by atoms with van der Waals surface area (Å²) in [7, 11) is -4.10. The van der Waals surface area contributed by atoms with Crippen molar-refractivity contribution < 1.29 is 21.6 Å². The zero-order chi connectivity index (χ0) is 15.8. The molecule has 0 unspecified atom stereocenters. The van der Waals surface area contributed by atoms with Crippen molar-refractivity contribution in [1.82, 2.24) is 0 Å². The molecule has 0 fully saturated rings. The van der Waals surface area contributed by atoms with Crippen LogP contribution >= 0.6 is 15.9 Å². The Morgan fingerprint density at radius 2 is 1.62 bits per heavy atom. The summed E-state index contributed by atoms with van der Waals surface area (Å²) < 4.78 is 65.4. The fraction of sp³-hybridized carbons (Fsp3) is 0.0769. The number of nitrogens with one attached hydrogen (secondary N) is 1. The maximum atomic E-state index is 13.8.